The van der Waals surface area contributed by atoms with Gasteiger partial charge in [0.2, 0.25) is 0 Å². The summed E-state index contributed by atoms with van der Waals surface area (Å²) in [6, 6.07) is 0. The fraction of sp³-hybridized carbons (Fsp3) is 0.909. The van der Waals surface area contributed by atoms with E-state index >= 15 is 0 Å². The van der Waals surface area contributed by atoms with Crippen LogP contribution >= 0.6 is 0 Å². The summed E-state index contributed by atoms with van der Waals surface area (Å²) < 4.78 is 41.4. The molecule has 0 bridgehead atoms. The first-order valence-corrected chi connectivity index (χ1v) is 11.0. The van der Waals surface area contributed by atoms with Gasteiger partial charge < -0.3 is 14.2 Å². The van der Waals surface area contributed by atoms with Gasteiger partial charge in [0.15, 0.2) is 6.29 Å². The Bertz CT molecular complexity index is 396. The fourth-order valence-corrected chi connectivity index (χ4v) is 4.14. The number of unbranched alkanes of at least 4 members (excludes halogenated alkanes) is 2. The van der Waals surface area contributed by atoms with Crippen molar-refractivity contribution in [1.29, 1.82) is 0 Å². The van der Waals surface area contributed by atoms with Crippen molar-refractivity contribution in [3.05, 3.63) is 12.2 Å². The van der Waals surface area contributed by atoms with Gasteiger partial charge >= 0.3 is 0 Å². The molecule has 0 unspecified atom stereocenters. The first-order valence-electron chi connectivity index (χ1n) is 11.0. The summed E-state index contributed by atoms with van der Waals surface area (Å²) in [5.74, 6) is 1.32. The monoisotopic (exact) mass is 388 g/mol. The van der Waals surface area contributed by atoms with Crippen LogP contribution in [0.2, 0.25) is 0 Å². The average molecular weight is 389 g/mol. The van der Waals surface area contributed by atoms with Gasteiger partial charge in [0.25, 0.3) is 6.08 Å². The molecule has 1 saturated heterocycles. The largest absolute Gasteiger partial charge is 0.378 e. The van der Waals surface area contributed by atoms with Gasteiger partial charge in [-0.3, -0.25) is 0 Å². The second-order valence-electron chi connectivity index (χ2n) is 8.18. The van der Waals surface area contributed by atoms with Gasteiger partial charge in [-0.15, -0.1) is 0 Å². The van der Waals surface area contributed by atoms with E-state index in [0.717, 1.165) is 31.4 Å². The predicted octanol–water partition coefficient (Wildman–Crippen LogP) is 6.47. The normalized spacial score (nSPS) is 28.9. The van der Waals surface area contributed by atoms with Crippen molar-refractivity contribution in [2.75, 3.05) is 19.8 Å². The highest BCUT2D eigenvalue weighted by molar-refractivity contribution is 4.80. The minimum atomic E-state index is -1.63. The molecule has 158 valence electrons. The zero-order chi connectivity index (χ0) is 19.3. The van der Waals surface area contributed by atoms with Crippen molar-refractivity contribution in [2.45, 2.75) is 96.4 Å². The summed E-state index contributed by atoms with van der Waals surface area (Å²) in [5.41, 5.74) is 0. The van der Waals surface area contributed by atoms with E-state index < -0.39 is 6.08 Å². The maximum Gasteiger partial charge on any atom is 0.266 e. The third-order valence-electron chi connectivity index (χ3n) is 5.86. The van der Waals surface area contributed by atoms with E-state index in [1.165, 1.54) is 51.4 Å². The van der Waals surface area contributed by atoms with Gasteiger partial charge in [0, 0.05) is 18.9 Å². The van der Waals surface area contributed by atoms with Gasteiger partial charge in [-0.1, -0.05) is 32.6 Å². The number of rotatable bonds is 12. The lowest BCUT2D eigenvalue weighted by Gasteiger charge is -2.30. The molecular weight excluding hydrogens is 350 g/mol. The van der Waals surface area contributed by atoms with E-state index in [4.69, 9.17) is 14.2 Å². The van der Waals surface area contributed by atoms with E-state index in [0.29, 0.717) is 38.1 Å². The molecule has 0 atom stereocenters. The highest BCUT2D eigenvalue weighted by Crippen LogP contribution is 2.30. The van der Waals surface area contributed by atoms with Crippen molar-refractivity contribution in [2.24, 2.45) is 11.8 Å². The van der Waals surface area contributed by atoms with Crippen molar-refractivity contribution < 1.29 is 23.0 Å². The lowest BCUT2D eigenvalue weighted by Crippen LogP contribution is -2.32. The molecule has 3 nitrogen and oxygen atoms in total. The van der Waals surface area contributed by atoms with E-state index in [9.17, 15) is 8.78 Å². The van der Waals surface area contributed by atoms with Gasteiger partial charge in [-0.25, -0.2) is 0 Å². The Morgan fingerprint density at radius 2 is 1.63 bits per heavy atom. The molecule has 2 fully saturated rings. The van der Waals surface area contributed by atoms with E-state index in [1.807, 2.05) is 0 Å². The van der Waals surface area contributed by atoms with E-state index in [1.54, 1.807) is 0 Å². The molecule has 0 spiro atoms. The fourth-order valence-electron chi connectivity index (χ4n) is 4.14. The number of allylic oxidation sites excluding steroid dienone is 1. The van der Waals surface area contributed by atoms with Crippen LogP contribution in [0, 0.1) is 11.8 Å². The lowest BCUT2D eigenvalue weighted by atomic mass is 9.84. The molecule has 1 heterocycles. The minimum absolute atomic E-state index is 0.298. The van der Waals surface area contributed by atoms with E-state index in [2.05, 4.69) is 6.92 Å². The Labute approximate surface area is 163 Å². The quantitative estimate of drug-likeness (QED) is 0.359. The standard InChI is InChI=1S/C22H38F2O3/c1-2-3-4-7-18-11-13-20(14-12-18)25-15-6-8-19-16-26-22(27-17-19)10-5-9-21(23)24/h9,18-20,22H,2-8,10-17H2,1H3. The molecule has 0 aromatic carbocycles. The molecule has 0 N–H and O–H groups in total. The number of halogens is 2. The molecular formula is C22H38F2O3. The van der Waals surface area contributed by atoms with Crippen LogP contribution in [0.3, 0.4) is 0 Å². The molecule has 1 saturated carbocycles. The number of ether oxygens (including phenoxy) is 3. The topological polar surface area (TPSA) is 27.7 Å². The summed E-state index contributed by atoms with van der Waals surface area (Å²) in [7, 11) is 0. The van der Waals surface area contributed by atoms with Crippen LogP contribution in [0.4, 0.5) is 8.78 Å². The summed E-state index contributed by atoms with van der Waals surface area (Å²) in [4.78, 5) is 0. The second kappa shape index (κ2) is 13.6. The molecule has 5 heteroatoms. The van der Waals surface area contributed by atoms with Crippen LogP contribution in [0.15, 0.2) is 12.2 Å². The smallest absolute Gasteiger partial charge is 0.266 e. The van der Waals surface area contributed by atoms with Gasteiger partial charge in [0.05, 0.1) is 19.3 Å². The summed E-state index contributed by atoms with van der Waals surface area (Å²) in [6.07, 6.45) is 12.9. The highest BCUT2D eigenvalue weighted by Gasteiger charge is 2.23. The maximum absolute atomic E-state index is 12.0. The SMILES string of the molecule is CCCCCC1CCC(OCCCC2COC(CCC=C(F)F)OC2)CC1. The first kappa shape index (κ1) is 22.8. The van der Waals surface area contributed by atoms with Crippen LogP contribution in [0.25, 0.3) is 0 Å². The highest BCUT2D eigenvalue weighted by atomic mass is 19.3. The van der Waals surface area contributed by atoms with Crippen LogP contribution in [-0.4, -0.2) is 32.2 Å². The zero-order valence-electron chi connectivity index (χ0n) is 17.0. The molecule has 0 aromatic heterocycles. The second-order valence-corrected chi connectivity index (χ2v) is 8.18. The van der Waals surface area contributed by atoms with Gasteiger partial charge in [-0.05, 0) is 56.9 Å². The molecule has 2 rings (SSSR count). The Kier molecular flexibility index (Phi) is 11.5. The van der Waals surface area contributed by atoms with Crippen LogP contribution in [0.5, 0.6) is 0 Å². The molecule has 0 amide bonds. The summed E-state index contributed by atoms with van der Waals surface area (Å²) in [6.45, 7) is 4.42. The van der Waals surface area contributed by atoms with Gasteiger partial charge in [0.1, 0.15) is 0 Å². The predicted molar refractivity (Wildman–Crippen MR) is 104 cm³/mol. The third-order valence-corrected chi connectivity index (χ3v) is 5.86. The van der Waals surface area contributed by atoms with E-state index in [-0.39, 0.29) is 6.29 Å². The zero-order valence-corrected chi connectivity index (χ0v) is 17.0. The van der Waals surface area contributed by atoms with Crippen molar-refractivity contribution >= 4 is 0 Å². The average Bonchev–Trinajstić information content (AvgIpc) is 2.67. The summed E-state index contributed by atoms with van der Waals surface area (Å²) >= 11 is 0. The Morgan fingerprint density at radius 1 is 0.926 bits per heavy atom. The number of hydrogen-bond donors (Lipinski definition) is 0. The Morgan fingerprint density at radius 3 is 2.30 bits per heavy atom. The Hall–Kier alpha value is -0.520. The van der Waals surface area contributed by atoms with Crippen molar-refractivity contribution in [1.82, 2.24) is 0 Å². The molecule has 0 radical (unpaired) electrons. The Balaban J connectivity index is 1.44. The van der Waals surface area contributed by atoms with Crippen LogP contribution < -0.4 is 0 Å². The molecule has 27 heavy (non-hydrogen) atoms. The minimum Gasteiger partial charge on any atom is -0.378 e. The van der Waals surface area contributed by atoms with Crippen molar-refractivity contribution in [3.63, 3.8) is 0 Å². The van der Waals surface area contributed by atoms with Crippen molar-refractivity contribution in [3.8, 4) is 0 Å². The third kappa shape index (κ3) is 10.00. The molecule has 1 aliphatic heterocycles. The number of hydrogen-bond acceptors (Lipinski definition) is 3. The summed E-state index contributed by atoms with van der Waals surface area (Å²) in [5, 5.41) is 0. The molecule has 1 aliphatic carbocycles. The van der Waals surface area contributed by atoms with Gasteiger partial charge in [-0.2, -0.15) is 8.78 Å². The molecule has 2 aliphatic rings. The van der Waals surface area contributed by atoms with Crippen LogP contribution in [-0.2, 0) is 14.2 Å². The first-order chi connectivity index (χ1) is 13.2. The maximum atomic E-state index is 12.0. The molecule has 0 aromatic rings. The lowest BCUT2D eigenvalue weighted by molar-refractivity contribution is -0.203. The van der Waals surface area contributed by atoms with Crippen LogP contribution in [0.1, 0.15) is 84.0 Å².